The first kappa shape index (κ1) is 16.5. The average Bonchev–Trinajstić information content (AvgIpc) is 2.48. The summed E-state index contributed by atoms with van der Waals surface area (Å²) in [7, 11) is 2.18. The molecule has 6 nitrogen and oxygen atoms in total. The second kappa shape index (κ2) is 7.32. The lowest BCUT2D eigenvalue weighted by Gasteiger charge is -2.20. The van der Waals surface area contributed by atoms with Crippen LogP contribution >= 0.6 is 0 Å². The molecule has 0 spiro atoms. The number of hydrogen-bond donors (Lipinski definition) is 0. The number of hydrogen-bond acceptors (Lipinski definition) is 5. The zero-order valence-corrected chi connectivity index (χ0v) is 11.4. The van der Waals surface area contributed by atoms with Gasteiger partial charge in [0.15, 0.2) is 11.6 Å². The zero-order chi connectivity index (χ0) is 16.0. The van der Waals surface area contributed by atoms with Crippen molar-refractivity contribution in [3.8, 4) is 0 Å². The first-order valence-electron chi connectivity index (χ1n) is 5.77. The smallest absolute Gasteiger partial charge is 0.325 e. The van der Waals surface area contributed by atoms with Crippen molar-refractivity contribution in [2.75, 3.05) is 27.3 Å². The van der Waals surface area contributed by atoms with E-state index in [1.54, 1.807) is 0 Å². The van der Waals surface area contributed by atoms with Gasteiger partial charge in [-0.1, -0.05) is 6.07 Å². The highest BCUT2D eigenvalue weighted by atomic mass is 19.2. The standard InChI is InChI=1S/C13H13F2NO5/c1-20-10(17)6-16(7-11(18)21-2)13(19)8-4-3-5-9(14)12(8)15/h3-5H,6-7H2,1-2H3. The van der Waals surface area contributed by atoms with Gasteiger partial charge in [-0.15, -0.1) is 0 Å². The highest BCUT2D eigenvalue weighted by molar-refractivity contribution is 5.97. The van der Waals surface area contributed by atoms with Gasteiger partial charge in [-0.2, -0.15) is 0 Å². The van der Waals surface area contributed by atoms with E-state index in [-0.39, 0.29) is 0 Å². The van der Waals surface area contributed by atoms with Crippen molar-refractivity contribution in [1.82, 2.24) is 4.90 Å². The van der Waals surface area contributed by atoms with Gasteiger partial charge in [0.05, 0.1) is 19.8 Å². The molecule has 0 fully saturated rings. The first-order valence-corrected chi connectivity index (χ1v) is 5.77. The molecule has 0 aromatic heterocycles. The monoisotopic (exact) mass is 301 g/mol. The van der Waals surface area contributed by atoms with Gasteiger partial charge < -0.3 is 14.4 Å². The number of amides is 1. The molecule has 1 amide bonds. The molecule has 114 valence electrons. The van der Waals surface area contributed by atoms with E-state index >= 15 is 0 Å². The van der Waals surface area contributed by atoms with Crippen molar-refractivity contribution < 1.29 is 32.6 Å². The number of benzene rings is 1. The molecule has 1 rings (SSSR count). The number of carbonyl (C=O) groups excluding carboxylic acids is 3. The Morgan fingerprint density at radius 3 is 2.05 bits per heavy atom. The van der Waals surface area contributed by atoms with Gasteiger partial charge in [-0.25, -0.2) is 8.78 Å². The fourth-order valence-electron chi connectivity index (χ4n) is 1.48. The van der Waals surface area contributed by atoms with Crippen molar-refractivity contribution in [1.29, 1.82) is 0 Å². The van der Waals surface area contributed by atoms with Crippen LogP contribution in [0.4, 0.5) is 8.78 Å². The second-order valence-corrected chi connectivity index (χ2v) is 3.91. The summed E-state index contributed by atoms with van der Waals surface area (Å²) < 4.78 is 35.5. The fourth-order valence-corrected chi connectivity index (χ4v) is 1.48. The van der Waals surface area contributed by atoms with Crippen molar-refractivity contribution in [3.05, 3.63) is 35.4 Å². The summed E-state index contributed by atoms with van der Waals surface area (Å²) in [5.74, 6) is -5.23. The average molecular weight is 301 g/mol. The lowest BCUT2D eigenvalue weighted by atomic mass is 10.1. The minimum absolute atomic E-state index is 0.595. The summed E-state index contributed by atoms with van der Waals surface area (Å²) in [6.07, 6.45) is 0. The summed E-state index contributed by atoms with van der Waals surface area (Å²) in [6, 6.07) is 3.03. The van der Waals surface area contributed by atoms with Crippen molar-refractivity contribution in [3.63, 3.8) is 0 Å². The number of rotatable bonds is 5. The van der Waals surface area contributed by atoms with E-state index in [1.165, 1.54) is 0 Å². The molecular weight excluding hydrogens is 288 g/mol. The number of nitrogens with zero attached hydrogens (tertiary/aromatic N) is 1. The molecule has 0 unspecified atom stereocenters. The Bertz CT molecular complexity index is 543. The van der Waals surface area contributed by atoms with Crippen molar-refractivity contribution in [2.24, 2.45) is 0 Å². The summed E-state index contributed by atoms with van der Waals surface area (Å²) >= 11 is 0. The van der Waals surface area contributed by atoms with Crippen LogP contribution in [0.25, 0.3) is 0 Å². The Balaban J connectivity index is 3.06. The third kappa shape index (κ3) is 4.23. The number of halogens is 2. The van der Waals surface area contributed by atoms with E-state index < -0.39 is 48.1 Å². The summed E-state index contributed by atoms with van der Waals surface area (Å²) in [5.41, 5.74) is -0.595. The first-order chi connectivity index (χ1) is 9.90. The normalized spacial score (nSPS) is 9.90. The molecule has 0 aliphatic rings. The van der Waals surface area contributed by atoms with E-state index in [9.17, 15) is 23.2 Å². The molecule has 0 aliphatic heterocycles. The van der Waals surface area contributed by atoms with Crippen LogP contribution in [0.2, 0.25) is 0 Å². The fraction of sp³-hybridized carbons (Fsp3) is 0.308. The maximum Gasteiger partial charge on any atom is 0.325 e. The molecule has 0 aliphatic carbocycles. The minimum atomic E-state index is -1.36. The highest BCUT2D eigenvalue weighted by Gasteiger charge is 2.25. The topological polar surface area (TPSA) is 72.9 Å². The van der Waals surface area contributed by atoms with Crippen LogP contribution in [0, 0.1) is 11.6 Å². The van der Waals surface area contributed by atoms with Gasteiger partial charge in [0.2, 0.25) is 0 Å². The maximum atomic E-state index is 13.6. The largest absolute Gasteiger partial charge is 0.468 e. The number of esters is 2. The second-order valence-electron chi connectivity index (χ2n) is 3.91. The van der Waals surface area contributed by atoms with Gasteiger partial charge in [0.25, 0.3) is 5.91 Å². The summed E-state index contributed by atoms with van der Waals surface area (Å²) in [5, 5.41) is 0. The van der Waals surface area contributed by atoms with Crippen LogP contribution in [0.1, 0.15) is 10.4 Å². The van der Waals surface area contributed by atoms with Crippen LogP contribution < -0.4 is 0 Å². The van der Waals surface area contributed by atoms with Crippen LogP contribution in [0.15, 0.2) is 18.2 Å². The summed E-state index contributed by atoms with van der Waals surface area (Å²) in [4.78, 5) is 35.3. The lowest BCUT2D eigenvalue weighted by molar-refractivity contribution is -0.144. The van der Waals surface area contributed by atoms with Crippen molar-refractivity contribution >= 4 is 17.8 Å². The van der Waals surface area contributed by atoms with Gasteiger partial charge in [0, 0.05) is 0 Å². The predicted molar refractivity (Wildman–Crippen MR) is 66.3 cm³/mol. The minimum Gasteiger partial charge on any atom is -0.468 e. The van der Waals surface area contributed by atoms with E-state index in [0.717, 1.165) is 32.4 Å². The highest BCUT2D eigenvalue weighted by Crippen LogP contribution is 2.14. The van der Waals surface area contributed by atoms with Crippen LogP contribution in [0.3, 0.4) is 0 Å². The molecule has 0 saturated heterocycles. The van der Waals surface area contributed by atoms with Gasteiger partial charge in [-0.05, 0) is 12.1 Å². The Kier molecular flexibility index (Phi) is 5.77. The molecular formula is C13H13F2NO5. The number of ether oxygens (including phenoxy) is 2. The molecule has 1 aromatic carbocycles. The molecule has 0 heterocycles. The van der Waals surface area contributed by atoms with E-state index in [2.05, 4.69) is 9.47 Å². The SMILES string of the molecule is COC(=O)CN(CC(=O)OC)C(=O)c1cccc(F)c1F. The molecule has 0 bridgehead atoms. The molecule has 0 saturated carbocycles. The van der Waals surface area contributed by atoms with Gasteiger partial charge >= 0.3 is 11.9 Å². The van der Waals surface area contributed by atoms with E-state index in [1.807, 2.05) is 0 Å². The Morgan fingerprint density at radius 2 is 1.57 bits per heavy atom. The quantitative estimate of drug-likeness (QED) is 0.751. The third-order valence-electron chi connectivity index (χ3n) is 2.56. The molecule has 0 atom stereocenters. The lowest BCUT2D eigenvalue weighted by Crippen LogP contribution is -2.40. The number of carbonyl (C=O) groups is 3. The number of methoxy groups -OCH3 is 2. The molecule has 0 N–H and O–H groups in total. The molecule has 1 aromatic rings. The third-order valence-corrected chi connectivity index (χ3v) is 2.56. The Labute approximate surface area is 119 Å². The van der Waals surface area contributed by atoms with Crippen molar-refractivity contribution in [2.45, 2.75) is 0 Å². The molecule has 8 heteroatoms. The van der Waals surface area contributed by atoms with Crippen LogP contribution in [0.5, 0.6) is 0 Å². The van der Waals surface area contributed by atoms with E-state index in [4.69, 9.17) is 0 Å². The van der Waals surface area contributed by atoms with Crippen LogP contribution in [-0.4, -0.2) is 50.1 Å². The molecule has 0 radical (unpaired) electrons. The van der Waals surface area contributed by atoms with Gasteiger partial charge in [-0.3, -0.25) is 14.4 Å². The Hall–Kier alpha value is -2.51. The molecule has 21 heavy (non-hydrogen) atoms. The summed E-state index contributed by atoms with van der Waals surface area (Å²) in [6.45, 7) is -1.19. The van der Waals surface area contributed by atoms with E-state index in [0.29, 0.717) is 4.90 Å². The Morgan fingerprint density at radius 1 is 1.05 bits per heavy atom. The maximum absolute atomic E-state index is 13.6. The van der Waals surface area contributed by atoms with Crippen LogP contribution in [-0.2, 0) is 19.1 Å². The zero-order valence-electron chi connectivity index (χ0n) is 11.4. The predicted octanol–water partition coefficient (Wildman–Crippen LogP) is 0.753. The van der Waals surface area contributed by atoms with Gasteiger partial charge in [0.1, 0.15) is 13.1 Å².